The number of aliphatic hydroxyl groups is 1. The number of nitrogens with one attached hydrogen (secondary N) is 7. The highest BCUT2D eigenvalue weighted by molar-refractivity contribution is 5.97. The monoisotopic (exact) mass is 773 g/mol. The van der Waals surface area contributed by atoms with Crippen LogP contribution < -0.4 is 48.7 Å². The molecule has 17 nitrogen and oxygen atoms in total. The molecule has 12 N–H and O–H groups in total. The molecule has 8 atom stereocenters. The summed E-state index contributed by atoms with van der Waals surface area (Å²) in [7, 11) is 1.54. The summed E-state index contributed by atoms with van der Waals surface area (Å²) in [5.74, 6) is -5.61. The Labute approximate surface area is 324 Å². The number of likely N-dealkylation sites (N-methyl/N-ethyl adjacent to an activating group) is 1. The number of carbonyl (C=O) groups excluding carboxylic acids is 7. The van der Waals surface area contributed by atoms with E-state index in [0.717, 1.165) is 5.56 Å². The number of hydrogen-bond donors (Lipinski definition) is 10. The molecule has 1 saturated heterocycles. The molecule has 0 saturated carbocycles. The van der Waals surface area contributed by atoms with E-state index in [1.165, 1.54) is 14.0 Å². The fourth-order valence-corrected chi connectivity index (χ4v) is 6.32. The molecule has 0 spiro atoms. The Bertz CT molecular complexity index is 1430. The van der Waals surface area contributed by atoms with Gasteiger partial charge in [0, 0.05) is 19.4 Å². The average molecular weight is 774 g/mol. The highest BCUT2D eigenvalue weighted by atomic mass is 16.3. The summed E-state index contributed by atoms with van der Waals surface area (Å²) in [5, 5.41) is 29.7. The van der Waals surface area contributed by atoms with Gasteiger partial charge in [-0.15, -0.1) is 0 Å². The van der Waals surface area contributed by atoms with E-state index in [2.05, 4.69) is 37.2 Å². The summed E-state index contributed by atoms with van der Waals surface area (Å²) in [6.07, 6.45) is -0.562. The minimum atomic E-state index is -1.24. The van der Waals surface area contributed by atoms with Gasteiger partial charge >= 0.3 is 0 Å². The van der Waals surface area contributed by atoms with Crippen LogP contribution in [0.4, 0.5) is 0 Å². The lowest BCUT2D eigenvalue weighted by Crippen LogP contribution is -2.60. The van der Waals surface area contributed by atoms with E-state index in [0.29, 0.717) is 6.42 Å². The van der Waals surface area contributed by atoms with Crippen LogP contribution >= 0.6 is 0 Å². The first-order chi connectivity index (χ1) is 26.1. The van der Waals surface area contributed by atoms with E-state index in [9.17, 15) is 38.7 Å². The van der Waals surface area contributed by atoms with Gasteiger partial charge in [0.15, 0.2) is 5.78 Å². The van der Waals surface area contributed by atoms with Crippen molar-refractivity contribution in [2.45, 2.75) is 121 Å². The number of nitrogens with two attached hydrogens (primary N) is 2. The zero-order valence-electron chi connectivity index (χ0n) is 32.8. The number of aliphatic hydroxyl groups excluding tert-OH is 1. The fourth-order valence-electron chi connectivity index (χ4n) is 6.32. The Morgan fingerprint density at radius 2 is 1.22 bits per heavy atom. The number of hydrogen-bond acceptors (Lipinski definition) is 11. The molecule has 1 aromatic rings. The van der Waals surface area contributed by atoms with Crippen LogP contribution in [-0.4, -0.2) is 115 Å². The van der Waals surface area contributed by atoms with Gasteiger partial charge in [0.05, 0.1) is 24.1 Å². The van der Waals surface area contributed by atoms with Crippen LogP contribution in [0, 0.1) is 11.8 Å². The molecule has 2 rings (SSSR count). The van der Waals surface area contributed by atoms with E-state index in [1.807, 2.05) is 26.8 Å². The first-order valence-electron chi connectivity index (χ1n) is 19.3. The Hall–Kier alpha value is -4.45. The van der Waals surface area contributed by atoms with Gasteiger partial charge in [-0.1, -0.05) is 57.5 Å². The van der Waals surface area contributed by atoms with Crippen molar-refractivity contribution in [2.75, 3.05) is 26.7 Å². The molecule has 0 aliphatic carbocycles. The number of carbonyl (C=O) groups is 7. The molecule has 6 amide bonds. The first-order valence-corrected chi connectivity index (χ1v) is 19.3. The van der Waals surface area contributed by atoms with Gasteiger partial charge in [0.1, 0.15) is 24.2 Å². The third kappa shape index (κ3) is 15.7. The molecule has 1 aliphatic heterocycles. The van der Waals surface area contributed by atoms with Crippen LogP contribution in [0.1, 0.15) is 78.2 Å². The minimum Gasteiger partial charge on any atom is -0.393 e. The fraction of sp³-hybridized carbons (Fsp3) is 0.658. The second kappa shape index (κ2) is 24.1. The van der Waals surface area contributed by atoms with Crippen LogP contribution in [0.5, 0.6) is 0 Å². The number of ketones is 1. The van der Waals surface area contributed by atoms with E-state index in [1.54, 1.807) is 24.3 Å². The molecular weight excluding hydrogens is 710 g/mol. The molecule has 308 valence electrons. The maximum atomic E-state index is 14.0. The van der Waals surface area contributed by atoms with Gasteiger partial charge in [0.25, 0.3) is 0 Å². The average Bonchev–Trinajstić information content (AvgIpc) is 3.13. The molecule has 1 aromatic carbocycles. The lowest BCUT2D eigenvalue weighted by Gasteiger charge is -2.28. The molecular formula is C38H63N9O8. The van der Waals surface area contributed by atoms with Crippen molar-refractivity contribution in [1.82, 2.24) is 37.2 Å². The number of rotatable bonds is 12. The van der Waals surface area contributed by atoms with Gasteiger partial charge in [-0.25, -0.2) is 0 Å². The number of amides is 6. The van der Waals surface area contributed by atoms with Gasteiger partial charge in [-0.3, -0.25) is 33.6 Å². The Balaban J connectivity index is 2.60. The van der Waals surface area contributed by atoms with Gasteiger partial charge in [-0.2, -0.15) is 0 Å². The first kappa shape index (κ1) is 46.7. The van der Waals surface area contributed by atoms with E-state index in [-0.39, 0.29) is 64.1 Å². The molecule has 1 heterocycles. The lowest BCUT2D eigenvalue weighted by atomic mass is 9.92. The molecule has 0 aromatic heterocycles. The largest absolute Gasteiger partial charge is 0.393 e. The zero-order chi connectivity index (χ0) is 41.1. The lowest BCUT2D eigenvalue weighted by molar-refractivity contribution is -0.136. The van der Waals surface area contributed by atoms with Crippen molar-refractivity contribution >= 4 is 41.2 Å². The molecule has 55 heavy (non-hydrogen) atoms. The second-order valence-corrected chi connectivity index (χ2v) is 14.5. The summed E-state index contributed by atoms with van der Waals surface area (Å²) >= 11 is 0. The van der Waals surface area contributed by atoms with Crippen molar-refractivity contribution in [3.63, 3.8) is 0 Å². The molecule has 1 aliphatic rings. The number of benzene rings is 1. The molecule has 1 fully saturated rings. The molecule has 0 radical (unpaired) electrons. The zero-order valence-corrected chi connectivity index (χ0v) is 32.8. The third-order valence-electron chi connectivity index (χ3n) is 9.45. The van der Waals surface area contributed by atoms with Crippen LogP contribution in [0.2, 0.25) is 0 Å². The SMILES string of the molecule is CCCC1NC(=O)C(CC(C)C)NC(=O)C(Cc2ccccc2)NC(=O)C(CCN)NC(=O)C(NC)CCNC(=O)C(C(C)O)CC(=O)C(CCN)NC1=O. The van der Waals surface area contributed by atoms with E-state index >= 15 is 0 Å². The molecule has 17 heteroatoms. The smallest absolute Gasteiger partial charge is 0.243 e. The van der Waals surface area contributed by atoms with Crippen LogP contribution in [0.25, 0.3) is 0 Å². The summed E-state index contributed by atoms with van der Waals surface area (Å²) in [5.41, 5.74) is 12.3. The van der Waals surface area contributed by atoms with Crippen molar-refractivity contribution in [2.24, 2.45) is 23.3 Å². The molecule has 8 unspecified atom stereocenters. The van der Waals surface area contributed by atoms with E-state index < -0.39 is 95.9 Å². The Kier molecular flexibility index (Phi) is 20.5. The summed E-state index contributed by atoms with van der Waals surface area (Å²) in [6, 6.07) is 2.46. The predicted molar refractivity (Wildman–Crippen MR) is 207 cm³/mol. The predicted octanol–water partition coefficient (Wildman–Crippen LogP) is -1.74. The standard InChI is InChI=1S/C38H63N9O8/c1-6-10-28-35(52)43-26(13-16-39)32(49)21-25(23(4)48)33(50)42-18-15-27(41-5)34(51)45-29(14-17-40)36(53)47-31(20-24-11-8-7-9-12-24)38(55)46-30(19-22(2)3)37(54)44-28/h7-9,11-12,22-23,25-31,41,48H,6,10,13-21,39-40H2,1-5H3,(H,42,50)(H,43,52)(H,44,54)(H,45,51)(H,46,55)(H,47,53). The third-order valence-corrected chi connectivity index (χ3v) is 9.45. The van der Waals surface area contributed by atoms with Crippen LogP contribution in [0.3, 0.4) is 0 Å². The highest BCUT2D eigenvalue weighted by Crippen LogP contribution is 2.15. The van der Waals surface area contributed by atoms with Gasteiger partial charge in [0.2, 0.25) is 35.4 Å². The number of Topliss-reactive ketones (excluding diaryl/α,β-unsaturated/α-hetero) is 1. The molecule has 0 bridgehead atoms. The maximum absolute atomic E-state index is 14.0. The summed E-state index contributed by atoms with van der Waals surface area (Å²) in [6.45, 7) is 6.95. The van der Waals surface area contributed by atoms with Crippen molar-refractivity contribution < 1.29 is 38.7 Å². The topological polar surface area (TPSA) is 276 Å². The second-order valence-electron chi connectivity index (χ2n) is 14.5. The van der Waals surface area contributed by atoms with Crippen LogP contribution in [-0.2, 0) is 40.0 Å². The summed E-state index contributed by atoms with van der Waals surface area (Å²) in [4.78, 5) is 95.5. The quantitative estimate of drug-likeness (QED) is 0.114. The van der Waals surface area contributed by atoms with E-state index in [4.69, 9.17) is 11.5 Å². The highest BCUT2D eigenvalue weighted by Gasteiger charge is 2.35. The normalized spacial score (nSPS) is 26.6. The van der Waals surface area contributed by atoms with Crippen molar-refractivity contribution in [3.05, 3.63) is 35.9 Å². The van der Waals surface area contributed by atoms with Crippen molar-refractivity contribution in [3.8, 4) is 0 Å². The van der Waals surface area contributed by atoms with Gasteiger partial charge < -0.3 is 53.8 Å². The Morgan fingerprint density at radius 3 is 1.78 bits per heavy atom. The Morgan fingerprint density at radius 1 is 0.709 bits per heavy atom. The summed E-state index contributed by atoms with van der Waals surface area (Å²) < 4.78 is 0. The maximum Gasteiger partial charge on any atom is 0.243 e. The van der Waals surface area contributed by atoms with Crippen molar-refractivity contribution in [1.29, 1.82) is 0 Å². The van der Waals surface area contributed by atoms with Gasteiger partial charge in [-0.05, 0) is 70.6 Å². The van der Waals surface area contributed by atoms with Crippen LogP contribution in [0.15, 0.2) is 30.3 Å². The minimum absolute atomic E-state index is 0.0236.